The van der Waals surface area contributed by atoms with Crippen LogP contribution in [0, 0.1) is 6.92 Å². The predicted octanol–water partition coefficient (Wildman–Crippen LogP) is 5.84. The first kappa shape index (κ1) is 61.1. The lowest BCUT2D eigenvalue weighted by atomic mass is 10.2. The van der Waals surface area contributed by atoms with Crippen molar-refractivity contribution >= 4 is 47.8 Å². The van der Waals surface area contributed by atoms with Crippen molar-refractivity contribution in [2.24, 2.45) is 0 Å². The Labute approximate surface area is 276 Å². The molecule has 1 rings (SSSR count). The SMILES string of the molecule is CCC(=O)O.CCC(=O)O.CCC(=O)O.CCC(=O)O.CCC(=O)O.CCC(=O)O.CCC(=O)O.CCC(=O)O.Cc1ccccc1. The molecule has 0 unspecified atom stereocenters. The quantitative estimate of drug-likeness (QED) is 0.159. The van der Waals surface area contributed by atoms with E-state index >= 15 is 0 Å². The standard InChI is InChI=1S/C7H8.8C3H6O2/c1-7-5-3-2-4-6-7;8*1-2-3(4)5/h2-6H,1H3;8*2H2,1H3,(H,4,5). The fraction of sp³-hybridized carbons (Fsp3) is 0.548. The van der Waals surface area contributed by atoms with Gasteiger partial charge in [-0.15, -0.1) is 0 Å². The van der Waals surface area contributed by atoms with Crippen LogP contribution in [-0.4, -0.2) is 88.6 Å². The Morgan fingerprint density at radius 1 is 0.340 bits per heavy atom. The van der Waals surface area contributed by atoms with Gasteiger partial charge < -0.3 is 40.9 Å². The maximum absolute atomic E-state index is 9.37. The van der Waals surface area contributed by atoms with E-state index < -0.39 is 47.8 Å². The number of carboxylic acids is 8. The summed E-state index contributed by atoms with van der Waals surface area (Å²) in [6.45, 7) is 14.9. The van der Waals surface area contributed by atoms with E-state index in [4.69, 9.17) is 40.9 Å². The lowest BCUT2D eigenvalue weighted by Gasteiger charge is -1.82. The minimum Gasteiger partial charge on any atom is -0.481 e. The number of rotatable bonds is 8. The van der Waals surface area contributed by atoms with Crippen LogP contribution in [0.4, 0.5) is 0 Å². The molecule has 16 nitrogen and oxygen atoms in total. The van der Waals surface area contributed by atoms with E-state index in [9.17, 15) is 38.4 Å². The van der Waals surface area contributed by atoms with Crippen LogP contribution >= 0.6 is 0 Å². The van der Waals surface area contributed by atoms with Crippen molar-refractivity contribution in [3.63, 3.8) is 0 Å². The molecule has 0 spiro atoms. The molecular formula is C31H56O16. The first-order valence-corrected chi connectivity index (χ1v) is 14.3. The van der Waals surface area contributed by atoms with E-state index in [1.165, 1.54) is 5.56 Å². The van der Waals surface area contributed by atoms with Crippen molar-refractivity contribution in [3.05, 3.63) is 35.9 Å². The van der Waals surface area contributed by atoms with Crippen molar-refractivity contribution in [1.82, 2.24) is 0 Å². The molecular weight excluding hydrogens is 628 g/mol. The number of benzene rings is 1. The van der Waals surface area contributed by atoms with Crippen LogP contribution in [0.2, 0.25) is 0 Å². The molecule has 8 N–H and O–H groups in total. The number of hydrogen-bond donors (Lipinski definition) is 8. The van der Waals surface area contributed by atoms with E-state index in [2.05, 4.69) is 19.1 Å². The van der Waals surface area contributed by atoms with Crippen LogP contribution in [0.5, 0.6) is 0 Å². The van der Waals surface area contributed by atoms with Crippen LogP contribution in [0.25, 0.3) is 0 Å². The van der Waals surface area contributed by atoms with Crippen LogP contribution in [0.3, 0.4) is 0 Å². The molecule has 47 heavy (non-hydrogen) atoms. The van der Waals surface area contributed by atoms with Gasteiger partial charge in [0, 0.05) is 51.4 Å². The molecule has 0 saturated heterocycles. The van der Waals surface area contributed by atoms with Crippen molar-refractivity contribution in [3.8, 4) is 0 Å². The van der Waals surface area contributed by atoms with Crippen LogP contribution < -0.4 is 0 Å². The van der Waals surface area contributed by atoms with Gasteiger partial charge in [-0.05, 0) is 6.92 Å². The Balaban J connectivity index is -0.0000000609. The summed E-state index contributed by atoms with van der Waals surface area (Å²) in [6, 6.07) is 10.3. The largest absolute Gasteiger partial charge is 0.481 e. The van der Waals surface area contributed by atoms with E-state index in [-0.39, 0.29) is 51.4 Å². The smallest absolute Gasteiger partial charge is 0.303 e. The van der Waals surface area contributed by atoms with Crippen molar-refractivity contribution in [1.29, 1.82) is 0 Å². The molecule has 16 heteroatoms. The summed E-state index contributed by atoms with van der Waals surface area (Å²) in [5, 5.41) is 61.8. The molecule has 0 aromatic heterocycles. The number of aryl methyl sites for hydroxylation is 1. The summed E-state index contributed by atoms with van der Waals surface area (Å²) in [4.78, 5) is 74.9. The van der Waals surface area contributed by atoms with E-state index in [0.717, 1.165) is 0 Å². The summed E-state index contributed by atoms with van der Waals surface area (Å²) in [5.41, 5.74) is 1.32. The number of hydrogen-bond acceptors (Lipinski definition) is 8. The Hall–Kier alpha value is -5.02. The van der Waals surface area contributed by atoms with Gasteiger partial charge in [0.1, 0.15) is 0 Å². The Bertz CT molecular complexity index is 745. The van der Waals surface area contributed by atoms with Crippen LogP contribution in [-0.2, 0) is 38.4 Å². The third kappa shape index (κ3) is 173. The number of carbonyl (C=O) groups is 8. The lowest BCUT2D eigenvalue weighted by Crippen LogP contribution is -1.86. The normalized spacial score (nSPS) is 7.60. The van der Waals surface area contributed by atoms with Gasteiger partial charge in [0.2, 0.25) is 0 Å². The molecule has 0 amide bonds. The van der Waals surface area contributed by atoms with Gasteiger partial charge in [-0.1, -0.05) is 91.3 Å². The molecule has 0 fully saturated rings. The van der Waals surface area contributed by atoms with E-state index in [1.807, 2.05) is 18.2 Å². The third-order valence-electron chi connectivity index (χ3n) is 3.36. The second-order valence-corrected chi connectivity index (χ2v) is 7.63. The molecule has 0 atom stereocenters. The van der Waals surface area contributed by atoms with Crippen molar-refractivity contribution in [2.75, 3.05) is 0 Å². The first-order valence-electron chi connectivity index (χ1n) is 14.3. The minimum absolute atomic E-state index is 0.222. The Kier molecular flexibility index (Phi) is 69.5. The topological polar surface area (TPSA) is 298 Å². The summed E-state index contributed by atoms with van der Waals surface area (Å²) >= 11 is 0. The van der Waals surface area contributed by atoms with Gasteiger partial charge >= 0.3 is 47.8 Å². The molecule has 0 aliphatic heterocycles. The molecule has 0 saturated carbocycles. The minimum atomic E-state index is -0.745. The fourth-order valence-electron chi connectivity index (χ4n) is 0.534. The molecule has 0 heterocycles. The molecule has 0 aliphatic rings. The lowest BCUT2D eigenvalue weighted by molar-refractivity contribution is -0.137. The average Bonchev–Trinajstić information content (AvgIpc) is 3.03. The highest BCUT2D eigenvalue weighted by Gasteiger charge is 1.84. The maximum atomic E-state index is 9.37. The van der Waals surface area contributed by atoms with Gasteiger partial charge in [0.05, 0.1) is 0 Å². The zero-order valence-corrected chi connectivity index (χ0v) is 28.9. The predicted molar refractivity (Wildman–Crippen MR) is 175 cm³/mol. The van der Waals surface area contributed by atoms with E-state index in [1.54, 1.807) is 55.4 Å². The van der Waals surface area contributed by atoms with Crippen LogP contribution in [0.1, 0.15) is 112 Å². The van der Waals surface area contributed by atoms with Gasteiger partial charge in [0.15, 0.2) is 0 Å². The molecule has 276 valence electrons. The second kappa shape index (κ2) is 53.5. The highest BCUT2D eigenvalue weighted by atomic mass is 16.4. The summed E-state index contributed by atoms with van der Waals surface area (Å²) in [6.07, 6.45) is 1.78. The zero-order chi connectivity index (χ0) is 39.4. The molecule has 0 aliphatic carbocycles. The molecule has 1 aromatic carbocycles. The van der Waals surface area contributed by atoms with Crippen LogP contribution in [0.15, 0.2) is 30.3 Å². The average molecular weight is 685 g/mol. The molecule has 0 bridgehead atoms. The molecule has 0 radical (unpaired) electrons. The highest BCUT2D eigenvalue weighted by molar-refractivity contribution is 5.67. The van der Waals surface area contributed by atoms with E-state index in [0.29, 0.717) is 0 Å². The summed E-state index contributed by atoms with van der Waals surface area (Å²) in [7, 11) is 0. The Morgan fingerprint density at radius 2 is 0.447 bits per heavy atom. The second-order valence-electron chi connectivity index (χ2n) is 7.63. The van der Waals surface area contributed by atoms with Crippen molar-refractivity contribution in [2.45, 2.75) is 114 Å². The monoisotopic (exact) mass is 684 g/mol. The number of aliphatic carboxylic acids is 8. The zero-order valence-electron chi connectivity index (χ0n) is 28.9. The third-order valence-corrected chi connectivity index (χ3v) is 3.36. The summed E-state index contributed by atoms with van der Waals surface area (Å²) < 4.78 is 0. The molecule has 1 aromatic rings. The fourth-order valence-corrected chi connectivity index (χ4v) is 0.534. The van der Waals surface area contributed by atoms with Gasteiger partial charge in [-0.25, -0.2) is 0 Å². The summed E-state index contributed by atoms with van der Waals surface area (Å²) in [5.74, 6) is -5.96. The van der Waals surface area contributed by atoms with Crippen molar-refractivity contribution < 1.29 is 79.2 Å². The Morgan fingerprint density at radius 3 is 0.489 bits per heavy atom. The maximum Gasteiger partial charge on any atom is 0.303 e. The number of carboxylic acid groups (broad SMARTS) is 8. The highest BCUT2D eigenvalue weighted by Crippen LogP contribution is 1.92. The first-order chi connectivity index (χ1) is 21.6. The van der Waals surface area contributed by atoms with Gasteiger partial charge in [0.25, 0.3) is 0 Å². The van der Waals surface area contributed by atoms with Gasteiger partial charge in [-0.2, -0.15) is 0 Å². The van der Waals surface area contributed by atoms with Gasteiger partial charge in [-0.3, -0.25) is 38.4 Å².